The summed E-state index contributed by atoms with van der Waals surface area (Å²) in [4.78, 5) is 7.44. The minimum absolute atomic E-state index is 0.0126. The minimum Gasteiger partial charge on any atom is -0.438 e. The van der Waals surface area contributed by atoms with E-state index in [-0.39, 0.29) is 28.0 Å². The Morgan fingerprint density at radius 3 is 2.58 bits per heavy atom. The highest BCUT2D eigenvalue weighted by Gasteiger charge is 2.36. The Morgan fingerprint density at radius 1 is 1.12 bits per heavy atom. The summed E-state index contributed by atoms with van der Waals surface area (Å²) in [7, 11) is 0. The van der Waals surface area contributed by atoms with Crippen LogP contribution in [0, 0.1) is 5.82 Å². The summed E-state index contributed by atoms with van der Waals surface area (Å²) in [6.45, 7) is 0. The quantitative estimate of drug-likeness (QED) is 0.499. The molecule has 24 heavy (non-hydrogen) atoms. The Hall–Kier alpha value is -2.68. The number of halogens is 5. The first-order valence-corrected chi connectivity index (χ1v) is 6.70. The van der Waals surface area contributed by atoms with Crippen LogP contribution in [0.2, 0.25) is 5.15 Å². The molecule has 0 N–H and O–H groups in total. The van der Waals surface area contributed by atoms with Gasteiger partial charge in [0.15, 0.2) is 0 Å². The van der Waals surface area contributed by atoms with E-state index in [2.05, 4.69) is 19.6 Å². The predicted molar refractivity (Wildman–Crippen MR) is 74.0 cm³/mol. The van der Waals surface area contributed by atoms with Crippen LogP contribution >= 0.6 is 11.6 Å². The zero-order chi connectivity index (χ0) is 17.3. The Morgan fingerprint density at radius 2 is 1.92 bits per heavy atom. The molecular weight excluding hydrogens is 354 g/mol. The average molecular weight is 360 g/mol. The van der Waals surface area contributed by atoms with E-state index in [1.54, 1.807) is 0 Å². The van der Waals surface area contributed by atoms with Gasteiger partial charge in [-0.1, -0.05) is 22.8 Å². The Labute approximate surface area is 136 Å². The van der Waals surface area contributed by atoms with Crippen LogP contribution in [0.5, 0.6) is 11.6 Å². The zero-order valence-corrected chi connectivity index (χ0v) is 12.3. The normalized spacial score (nSPS) is 11.5. The number of benzene rings is 1. The van der Waals surface area contributed by atoms with Gasteiger partial charge in [0, 0.05) is 12.1 Å². The second-order valence-electron chi connectivity index (χ2n) is 4.47. The molecule has 0 aliphatic heterocycles. The van der Waals surface area contributed by atoms with Crippen molar-refractivity contribution in [3.05, 3.63) is 53.4 Å². The maximum absolute atomic E-state index is 14.1. The molecule has 0 fully saturated rings. The standard InChI is InChI=1S/C14H6ClF4N3O2/c15-11-5-12(21-6-20-11)23-9-3-1-2-7(16)13(9)8-4-10(24-22-8)14(17,18)19/h1-6H. The molecule has 0 aliphatic rings. The number of alkyl halides is 3. The fraction of sp³-hybridized carbons (Fsp3) is 0.0714. The van der Waals surface area contributed by atoms with Gasteiger partial charge in [-0.2, -0.15) is 13.2 Å². The molecule has 0 unspecified atom stereocenters. The number of nitrogens with zero attached hydrogens (tertiary/aromatic N) is 3. The van der Waals surface area contributed by atoms with E-state index >= 15 is 0 Å². The molecule has 0 aliphatic carbocycles. The first-order valence-electron chi connectivity index (χ1n) is 6.33. The number of ether oxygens (including phenoxy) is 1. The molecule has 3 aromatic rings. The summed E-state index contributed by atoms with van der Waals surface area (Å²) in [5.74, 6) is -2.31. The second kappa shape index (κ2) is 6.08. The Bertz CT molecular complexity index is 882. The molecule has 0 saturated heterocycles. The number of hydrogen-bond donors (Lipinski definition) is 0. The highest BCUT2D eigenvalue weighted by atomic mass is 35.5. The first kappa shape index (κ1) is 16.2. The maximum Gasteiger partial charge on any atom is 0.452 e. The highest BCUT2D eigenvalue weighted by molar-refractivity contribution is 6.29. The molecule has 124 valence electrons. The van der Waals surface area contributed by atoms with Crippen molar-refractivity contribution >= 4 is 11.6 Å². The second-order valence-corrected chi connectivity index (χ2v) is 4.86. The summed E-state index contributed by atoms with van der Waals surface area (Å²) >= 11 is 5.70. The molecule has 5 nitrogen and oxygen atoms in total. The van der Waals surface area contributed by atoms with Gasteiger partial charge in [-0.3, -0.25) is 0 Å². The topological polar surface area (TPSA) is 61.0 Å². The van der Waals surface area contributed by atoms with Gasteiger partial charge in [-0.05, 0) is 12.1 Å². The van der Waals surface area contributed by atoms with E-state index in [1.165, 1.54) is 18.2 Å². The molecule has 10 heteroatoms. The van der Waals surface area contributed by atoms with Crippen LogP contribution in [-0.2, 0) is 6.18 Å². The zero-order valence-electron chi connectivity index (χ0n) is 11.5. The van der Waals surface area contributed by atoms with Gasteiger partial charge in [0.05, 0.1) is 5.56 Å². The van der Waals surface area contributed by atoms with Gasteiger partial charge in [0.25, 0.3) is 0 Å². The molecule has 0 radical (unpaired) electrons. The lowest BCUT2D eigenvalue weighted by molar-refractivity contribution is -0.155. The summed E-state index contributed by atoms with van der Waals surface area (Å²) < 4.78 is 61.6. The van der Waals surface area contributed by atoms with E-state index in [0.717, 1.165) is 12.4 Å². The van der Waals surface area contributed by atoms with Crippen molar-refractivity contribution in [3.8, 4) is 22.9 Å². The average Bonchev–Trinajstić information content (AvgIpc) is 2.97. The third-order valence-corrected chi connectivity index (χ3v) is 3.05. The van der Waals surface area contributed by atoms with Gasteiger partial charge in [0.2, 0.25) is 11.6 Å². The molecule has 2 heterocycles. The van der Waals surface area contributed by atoms with Crippen molar-refractivity contribution in [1.82, 2.24) is 15.1 Å². The minimum atomic E-state index is -4.74. The highest BCUT2D eigenvalue weighted by Crippen LogP contribution is 2.37. The Balaban J connectivity index is 2.03. The van der Waals surface area contributed by atoms with Crippen LogP contribution in [0.4, 0.5) is 17.6 Å². The fourth-order valence-corrected chi connectivity index (χ4v) is 1.99. The van der Waals surface area contributed by atoms with E-state index < -0.39 is 17.8 Å². The van der Waals surface area contributed by atoms with Crippen molar-refractivity contribution < 1.29 is 26.8 Å². The first-order chi connectivity index (χ1) is 11.3. The maximum atomic E-state index is 14.1. The lowest BCUT2D eigenvalue weighted by atomic mass is 10.1. The lowest BCUT2D eigenvalue weighted by Gasteiger charge is -2.09. The summed E-state index contributed by atoms with van der Waals surface area (Å²) in [5.41, 5.74) is -0.665. The van der Waals surface area contributed by atoms with Crippen molar-refractivity contribution in [2.24, 2.45) is 0 Å². The van der Waals surface area contributed by atoms with Crippen molar-refractivity contribution in [2.75, 3.05) is 0 Å². The largest absolute Gasteiger partial charge is 0.452 e. The van der Waals surface area contributed by atoms with Crippen molar-refractivity contribution in [3.63, 3.8) is 0 Å². The van der Waals surface area contributed by atoms with Gasteiger partial charge in [0.1, 0.15) is 28.7 Å². The molecule has 0 amide bonds. The fourth-order valence-electron chi connectivity index (χ4n) is 1.85. The van der Waals surface area contributed by atoms with Gasteiger partial charge in [-0.15, -0.1) is 0 Å². The third-order valence-electron chi connectivity index (χ3n) is 2.84. The molecule has 0 saturated carbocycles. The lowest BCUT2D eigenvalue weighted by Crippen LogP contribution is -2.02. The van der Waals surface area contributed by atoms with Crippen LogP contribution < -0.4 is 4.74 Å². The molecule has 1 aromatic carbocycles. The van der Waals surface area contributed by atoms with Gasteiger partial charge < -0.3 is 9.26 Å². The Kier molecular flexibility index (Phi) is 4.10. The van der Waals surface area contributed by atoms with Crippen molar-refractivity contribution in [2.45, 2.75) is 6.18 Å². The molecular formula is C14H6ClF4N3O2. The van der Waals surface area contributed by atoms with Gasteiger partial charge >= 0.3 is 6.18 Å². The third kappa shape index (κ3) is 3.30. The molecule has 2 aromatic heterocycles. The molecule has 0 bridgehead atoms. The molecule has 0 spiro atoms. The van der Waals surface area contributed by atoms with Crippen LogP contribution in [0.15, 0.2) is 41.2 Å². The molecule has 0 atom stereocenters. The molecule has 3 rings (SSSR count). The van der Waals surface area contributed by atoms with E-state index in [9.17, 15) is 17.6 Å². The van der Waals surface area contributed by atoms with Crippen LogP contribution in [-0.4, -0.2) is 15.1 Å². The van der Waals surface area contributed by atoms with Crippen LogP contribution in [0.25, 0.3) is 11.3 Å². The smallest absolute Gasteiger partial charge is 0.438 e. The number of aromatic nitrogens is 3. The van der Waals surface area contributed by atoms with E-state index in [1.807, 2.05) is 0 Å². The summed E-state index contributed by atoms with van der Waals surface area (Å²) in [5, 5.41) is 3.34. The number of rotatable bonds is 3. The van der Waals surface area contributed by atoms with Gasteiger partial charge in [-0.25, -0.2) is 14.4 Å². The van der Waals surface area contributed by atoms with Crippen molar-refractivity contribution in [1.29, 1.82) is 0 Å². The monoisotopic (exact) mass is 359 g/mol. The van der Waals surface area contributed by atoms with Crippen LogP contribution in [0.3, 0.4) is 0 Å². The van der Waals surface area contributed by atoms with E-state index in [0.29, 0.717) is 6.07 Å². The SMILES string of the molecule is Fc1cccc(Oc2cc(Cl)ncn2)c1-c1cc(C(F)(F)F)on1. The van der Waals surface area contributed by atoms with E-state index in [4.69, 9.17) is 16.3 Å². The van der Waals surface area contributed by atoms with Crippen LogP contribution in [0.1, 0.15) is 5.76 Å². The predicted octanol–water partition coefficient (Wildman–Crippen LogP) is 4.74. The number of hydrogen-bond acceptors (Lipinski definition) is 5. The summed E-state index contributed by atoms with van der Waals surface area (Å²) in [6.07, 6.45) is -3.62. The summed E-state index contributed by atoms with van der Waals surface area (Å²) in [6, 6.07) is 5.56.